The molecule has 15 heavy (non-hydrogen) atoms. The fourth-order valence-electron chi connectivity index (χ4n) is 0.988. The SMILES string of the molecule is Cc1ccc(C(O)S(=O)(=O)[O-])c(Br)c1.[Na+]. The molecule has 0 aromatic heterocycles. The smallest absolute Gasteiger partial charge is 0.746 e. The van der Waals surface area contributed by atoms with E-state index >= 15 is 0 Å². The van der Waals surface area contributed by atoms with Crippen LogP contribution >= 0.6 is 15.9 Å². The van der Waals surface area contributed by atoms with Crippen molar-refractivity contribution in [3.63, 3.8) is 0 Å². The van der Waals surface area contributed by atoms with Gasteiger partial charge >= 0.3 is 29.6 Å². The van der Waals surface area contributed by atoms with Crippen LogP contribution in [0.25, 0.3) is 0 Å². The molecule has 0 saturated carbocycles. The number of hydrogen-bond acceptors (Lipinski definition) is 4. The molecule has 0 bridgehead atoms. The minimum absolute atomic E-state index is 0. The number of hydrogen-bond donors (Lipinski definition) is 1. The molecule has 1 unspecified atom stereocenters. The van der Waals surface area contributed by atoms with E-state index in [4.69, 9.17) is 0 Å². The summed E-state index contributed by atoms with van der Waals surface area (Å²) in [4.78, 5) is 0. The first kappa shape index (κ1) is 15.6. The van der Waals surface area contributed by atoms with Gasteiger partial charge in [-0.25, -0.2) is 8.42 Å². The van der Waals surface area contributed by atoms with Crippen molar-refractivity contribution in [2.45, 2.75) is 12.4 Å². The van der Waals surface area contributed by atoms with Crippen LogP contribution in [-0.2, 0) is 10.1 Å². The van der Waals surface area contributed by atoms with Gasteiger partial charge in [-0.05, 0) is 18.6 Å². The number of rotatable bonds is 2. The number of aryl methyl sites for hydroxylation is 1. The second-order valence-electron chi connectivity index (χ2n) is 2.87. The van der Waals surface area contributed by atoms with Gasteiger partial charge in [0.25, 0.3) is 0 Å². The minimum Gasteiger partial charge on any atom is -0.746 e. The molecule has 1 aromatic rings. The molecule has 0 aliphatic rings. The predicted molar refractivity (Wildman–Crippen MR) is 53.5 cm³/mol. The standard InChI is InChI=1S/C8H9BrO4S.Na/c1-5-2-3-6(7(9)4-5)8(10)14(11,12)13;/h2-4,8,10H,1H3,(H,11,12,13);/q;+1/p-1. The molecule has 78 valence electrons. The first-order chi connectivity index (χ1) is 6.32. The summed E-state index contributed by atoms with van der Waals surface area (Å²) in [5, 5.41) is 9.20. The van der Waals surface area contributed by atoms with E-state index < -0.39 is 15.6 Å². The largest absolute Gasteiger partial charge is 1.00 e. The monoisotopic (exact) mass is 302 g/mol. The quantitative estimate of drug-likeness (QED) is 0.522. The molecule has 0 fully saturated rings. The summed E-state index contributed by atoms with van der Waals surface area (Å²) in [7, 11) is -4.72. The fraction of sp³-hybridized carbons (Fsp3) is 0.250. The van der Waals surface area contributed by atoms with E-state index in [-0.39, 0.29) is 35.1 Å². The van der Waals surface area contributed by atoms with E-state index in [1.165, 1.54) is 6.07 Å². The third-order valence-electron chi connectivity index (χ3n) is 1.70. The minimum atomic E-state index is -4.72. The van der Waals surface area contributed by atoms with Gasteiger partial charge < -0.3 is 9.66 Å². The van der Waals surface area contributed by atoms with Crippen LogP contribution in [0.4, 0.5) is 0 Å². The molecule has 1 aromatic carbocycles. The third kappa shape index (κ3) is 4.14. The zero-order valence-corrected chi connectivity index (χ0v) is 12.7. The first-order valence-electron chi connectivity index (χ1n) is 3.71. The van der Waals surface area contributed by atoms with Crippen LogP contribution in [0.1, 0.15) is 16.6 Å². The Morgan fingerprint density at radius 1 is 1.47 bits per heavy atom. The zero-order chi connectivity index (χ0) is 10.9. The van der Waals surface area contributed by atoms with Crippen molar-refractivity contribution in [3.05, 3.63) is 33.8 Å². The summed E-state index contributed by atoms with van der Waals surface area (Å²) in [5.41, 5.74) is -1.06. The summed E-state index contributed by atoms with van der Waals surface area (Å²) in [6.07, 6.45) is 0. The van der Waals surface area contributed by atoms with Gasteiger partial charge in [-0.15, -0.1) is 0 Å². The van der Waals surface area contributed by atoms with Gasteiger partial charge in [0.1, 0.15) is 10.1 Å². The average molecular weight is 303 g/mol. The van der Waals surface area contributed by atoms with Crippen molar-refractivity contribution >= 4 is 26.0 Å². The summed E-state index contributed by atoms with van der Waals surface area (Å²) < 4.78 is 32.0. The third-order valence-corrected chi connectivity index (χ3v) is 3.18. The molecule has 0 aliphatic carbocycles. The maximum Gasteiger partial charge on any atom is 1.00 e. The van der Waals surface area contributed by atoms with Crippen molar-refractivity contribution in [3.8, 4) is 0 Å². The van der Waals surface area contributed by atoms with E-state index in [9.17, 15) is 18.1 Å². The van der Waals surface area contributed by atoms with E-state index in [0.717, 1.165) is 5.56 Å². The molecular weight excluding hydrogens is 295 g/mol. The zero-order valence-electron chi connectivity index (χ0n) is 8.27. The van der Waals surface area contributed by atoms with Crippen molar-refractivity contribution in [2.24, 2.45) is 0 Å². The van der Waals surface area contributed by atoms with Gasteiger partial charge in [0.15, 0.2) is 5.44 Å². The Morgan fingerprint density at radius 3 is 2.40 bits per heavy atom. The summed E-state index contributed by atoms with van der Waals surface area (Å²) in [6.45, 7) is 1.81. The number of benzene rings is 1. The van der Waals surface area contributed by atoms with Gasteiger partial charge in [0.2, 0.25) is 0 Å². The molecule has 1 N–H and O–H groups in total. The first-order valence-corrected chi connectivity index (χ1v) is 5.97. The number of aliphatic hydroxyl groups excluding tert-OH is 1. The van der Waals surface area contributed by atoms with Gasteiger partial charge in [-0.3, -0.25) is 0 Å². The van der Waals surface area contributed by atoms with Gasteiger partial charge in [0, 0.05) is 10.0 Å². The fourth-order valence-corrected chi connectivity index (χ4v) is 2.37. The molecule has 0 amide bonds. The predicted octanol–water partition coefficient (Wildman–Crippen LogP) is -1.70. The summed E-state index contributed by atoms with van der Waals surface area (Å²) in [5.74, 6) is 0. The average Bonchev–Trinajstić information content (AvgIpc) is 2.01. The molecule has 0 aliphatic heterocycles. The van der Waals surface area contributed by atoms with Crippen molar-refractivity contribution in [2.75, 3.05) is 0 Å². The van der Waals surface area contributed by atoms with Crippen LogP contribution in [0.2, 0.25) is 0 Å². The van der Waals surface area contributed by atoms with Crippen molar-refractivity contribution in [1.29, 1.82) is 0 Å². The molecule has 0 spiro atoms. The molecular formula is C8H8BrNaO4S. The topological polar surface area (TPSA) is 77.4 Å². The molecule has 1 rings (SSSR count). The number of halogens is 1. The normalized spacial score (nSPS) is 13.1. The van der Waals surface area contributed by atoms with Crippen LogP contribution in [0.15, 0.2) is 22.7 Å². The summed E-state index contributed by atoms with van der Waals surface area (Å²) in [6, 6.07) is 4.65. The van der Waals surface area contributed by atoms with Crippen molar-refractivity contribution in [1.82, 2.24) is 0 Å². The Balaban J connectivity index is 0.00000196. The van der Waals surface area contributed by atoms with E-state index in [1.807, 2.05) is 6.92 Å². The van der Waals surface area contributed by atoms with Gasteiger partial charge in [-0.1, -0.05) is 28.1 Å². The molecule has 0 saturated heterocycles. The Hall–Kier alpha value is 0.570. The van der Waals surface area contributed by atoms with E-state index in [0.29, 0.717) is 4.47 Å². The second-order valence-corrected chi connectivity index (χ2v) is 5.16. The maximum absolute atomic E-state index is 10.5. The Labute approximate surface area is 119 Å². The van der Waals surface area contributed by atoms with Crippen molar-refractivity contribution < 1.29 is 47.6 Å². The van der Waals surface area contributed by atoms with Crippen LogP contribution < -0.4 is 29.6 Å². The maximum atomic E-state index is 10.5. The Kier molecular flexibility index (Phi) is 5.99. The van der Waals surface area contributed by atoms with E-state index in [1.54, 1.807) is 12.1 Å². The number of aliphatic hydroxyl groups is 1. The van der Waals surface area contributed by atoms with Gasteiger partial charge in [0.05, 0.1) is 0 Å². The van der Waals surface area contributed by atoms with Crippen LogP contribution in [0.5, 0.6) is 0 Å². The second kappa shape index (κ2) is 5.77. The van der Waals surface area contributed by atoms with Crippen LogP contribution in [-0.4, -0.2) is 18.1 Å². The van der Waals surface area contributed by atoms with Crippen LogP contribution in [0, 0.1) is 6.92 Å². The molecule has 1 atom stereocenters. The molecule has 0 radical (unpaired) electrons. The Morgan fingerprint density at radius 2 is 2.00 bits per heavy atom. The van der Waals surface area contributed by atoms with Gasteiger partial charge in [-0.2, -0.15) is 0 Å². The summed E-state index contributed by atoms with van der Waals surface area (Å²) >= 11 is 3.08. The molecule has 7 heteroatoms. The molecule has 0 heterocycles. The Bertz CT molecular complexity index is 446. The molecule has 4 nitrogen and oxygen atoms in total. The van der Waals surface area contributed by atoms with E-state index in [2.05, 4.69) is 15.9 Å². The van der Waals surface area contributed by atoms with Crippen LogP contribution in [0.3, 0.4) is 0 Å².